The van der Waals surface area contributed by atoms with Crippen LogP contribution in [0.3, 0.4) is 0 Å². The van der Waals surface area contributed by atoms with Crippen molar-refractivity contribution in [3.05, 3.63) is 11.3 Å². The number of hydrogen-bond acceptors (Lipinski definition) is 3. The zero-order valence-corrected chi connectivity index (χ0v) is 11.6. The van der Waals surface area contributed by atoms with E-state index in [1.165, 1.54) is 0 Å². The predicted molar refractivity (Wildman–Crippen MR) is 67.3 cm³/mol. The van der Waals surface area contributed by atoms with Crippen LogP contribution in [-0.4, -0.2) is 12.3 Å². The monoisotopic (exact) mass is 240 g/mol. The van der Waals surface area contributed by atoms with E-state index in [2.05, 4.69) is 6.92 Å². The Morgan fingerprint density at radius 3 is 2.29 bits per heavy atom. The summed E-state index contributed by atoms with van der Waals surface area (Å²) in [5.74, 6) is 0.530. The second-order valence-corrected chi connectivity index (χ2v) is 5.71. The summed E-state index contributed by atoms with van der Waals surface area (Å²) in [5, 5.41) is 0. The summed E-state index contributed by atoms with van der Waals surface area (Å²) in [6, 6.07) is 0. The van der Waals surface area contributed by atoms with Gasteiger partial charge in [-0.2, -0.15) is 0 Å². The lowest BCUT2D eigenvalue weighted by atomic mass is 9.95. The number of esters is 1. The number of cyclic esters (lactones) is 1. The number of carbonyl (C=O) groups is 1. The molecule has 1 rings (SSSR count). The zero-order chi connectivity index (χ0) is 13.1. The Morgan fingerprint density at radius 1 is 1.18 bits per heavy atom. The van der Waals surface area contributed by atoms with Crippen LogP contribution < -0.4 is 0 Å². The van der Waals surface area contributed by atoms with Crippen molar-refractivity contribution in [1.29, 1.82) is 0 Å². The molecule has 1 atom stereocenters. The molecule has 0 bridgehead atoms. The Labute approximate surface area is 104 Å². The second-order valence-electron chi connectivity index (χ2n) is 5.71. The molecule has 1 heterocycles. The smallest absolute Gasteiger partial charge is 0.340 e. The van der Waals surface area contributed by atoms with E-state index >= 15 is 0 Å². The predicted octanol–water partition coefficient (Wildman–Crippen LogP) is 3.79. The van der Waals surface area contributed by atoms with Gasteiger partial charge < -0.3 is 9.47 Å². The molecule has 98 valence electrons. The van der Waals surface area contributed by atoms with E-state index in [0.29, 0.717) is 5.57 Å². The first-order chi connectivity index (χ1) is 7.86. The highest BCUT2D eigenvalue weighted by atomic mass is 16.7. The molecule has 0 spiro atoms. The topological polar surface area (TPSA) is 35.5 Å². The molecule has 0 aliphatic carbocycles. The van der Waals surface area contributed by atoms with Gasteiger partial charge in [0.25, 0.3) is 0 Å². The fourth-order valence-corrected chi connectivity index (χ4v) is 1.75. The Hall–Kier alpha value is -0.990. The van der Waals surface area contributed by atoms with E-state index in [4.69, 9.17) is 9.47 Å². The molecule has 3 nitrogen and oxygen atoms in total. The molecular formula is C14H24O3. The van der Waals surface area contributed by atoms with Gasteiger partial charge in [0, 0.05) is 5.41 Å². The van der Waals surface area contributed by atoms with Gasteiger partial charge in [0.1, 0.15) is 5.76 Å². The summed E-state index contributed by atoms with van der Waals surface area (Å²) in [6.07, 6.45) is 3.58. The third-order valence-electron chi connectivity index (χ3n) is 2.91. The van der Waals surface area contributed by atoms with E-state index in [1.807, 2.05) is 27.7 Å². The first-order valence-corrected chi connectivity index (χ1v) is 6.43. The van der Waals surface area contributed by atoms with Crippen LogP contribution in [0.2, 0.25) is 0 Å². The van der Waals surface area contributed by atoms with Gasteiger partial charge in [0.15, 0.2) is 0 Å². The molecule has 3 heteroatoms. The van der Waals surface area contributed by atoms with Crippen LogP contribution in [0, 0.1) is 5.41 Å². The third-order valence-corrected chi connectivity index (χ3v) is 2.91. The van der Waals surface area contributed by atoms with Crippen LogP contribution in [0.25, 0.3) is 0 Å². The molecule has 1 aliphatic rings. The van der Waals surface area contributed by atoms with Crippen molar-refractivity contribution in [2.45, 2.75) is 66.6 Å². The molecule has 17 heavy (non-hydrogen) atoms. The zero-order valence-electron chi connectivity index (χ0n) is 11.6. The molecule has 0 amide bonds. The van der Waals surface area contributed by atoms with Gasteiger partial charge in [-0.15, -0.1) is 0 Å². The Morgan fingerprint density at radius 2 is 1.82 bits per heavy atom. The third kappa shape index (κ3) is 3.76. The highest BCUT2D eigenvalue weighted by Crippen LogP contribution is 2.32. The van der Waals surface area contributed by atoms with Gasteiger partial charge in [-0.25, -0.2) is 4.79 Å². The first kappa shape index (κ1) is 14.1. The summed E-state index contributed by atoms with van der Waals surface area (Å²) in [7, 11) is 0. The number of ether oxygens (including phenoxy) is 2. The van der Waals surface area contributed by atoms with Crippen molar-refractivity contribution in [1.82, 2.24) is 0 Å². The van der Waals surface area contributed by atoms with Crippen LogP contribution in [0.5, 0.6) is 0 Å². The highest BCUT2D eigenvalue weighted by molar-refractivity contribution is 5.89. The molecule has 0 saturated heterocycles. The van der Waals surface area contributed by atoms with Crippen molar-refractivity contribution in [2.75, 3.05) is 0 Å². The molecule has 0 N–H and O–H groups in total. The van der Waals surface area contributed by atoms with Crippen LogP contribution in [-0.2, 0) is 14.3 Å². The molecule has 1 unspecified atom stereocenters. The minimum absolute atomic E-state index is 0.189. The normalized spacial score (nSPS) is 21.2. The lowest BCUT2D eigenvalue weighted by Crippen LogP contribution is -2.37. The number of allylic oxidation sites excluding steroid dienone is 1. The number of hydrogen-bond donors (Lipinski definition) is 0. The van der Waals surface area contributed by atoms with Crippen molar-refractivity contribution < 1.29 is 14.3 Å². The number of carbonyl (C=O) groups excluding carboxylic acids is 1. The van der Waals surface area contributed by atoms with E-state index < -0.39 is 6.29 Å². The Kier molecular flexibility index (Phi) is 4.61. The lowest BCUT2D eigenvalue weighted by Gasteiger charge is -2.34. The minimum Gasteiger partial charge on any atom is -0.458 e. The van der Waals surface area contributed by atoms with Crippen LogP contribution in [0.15, 0.2) is 11.3 Å². The van der Waals surface area contributed by atoms with E-state index in [0.717, 1.165) is 31.4 Å². The molecule has 0 fully saturated rings. The molecule has 0 radical (unpaired) electrons. The molecular weight excluding hydrogens is 216 g/mol. The second kappa shape index (κ2) is 5.56. The van der Waals surface area contributed by atoms with Crippen molar-refractivity contribution in [3.8, 4) is 0 Å². The maximum absolute atomic E-state index is 11.9. The maximum Gasteiger partial charge on any atom is 0.340 e. The molecule has 1 aliphatic heterocycles. The van der Waals surface area contributed by atoms with E-state index in [9.17, 15) is 4.79 Å². The largest absolute Gasteiger partial charge is 0.458 e. The standard InChI is InChI=1S/C14H24O3/c1-6-7-8-9-11-10(2)16-13(14(3,4)5)17-12(11)15/h13H,6-9H2,1-5H3. The molecule has 0 aromatic carbocycles. The average Bonchev–Trinajstić information content (AvgIpc) is 2.20. The maximum atomic E-state index is 11.9. The molecule has 0 aromatic rings. The quantitative estimate of drug-likeness (QED) is 0.554. The van der Waals surface area contributed by atoms with Crippen LogP contribution in [0.1, 0.15) is 60.3 Å². The fourth-order valence-electron chi connectivity index (χ4n) is 1.75. The van der Waals surface area contributed by atoms with Gasteiger partial charge >= 0.3 is 5.97 Å². The summed E-state index contributed by atoms with van der Waals surface area (Å²) in [6.45, 7) is 10.0. The Bertz CT molecular complexity index is 310. The van der Waals surface area contributed by atoms with Crippen LogP contribution in [0.4, 0.5) is 0 Å². The summed E-state index contributed by atoms with van der Waals surface area (Å²) < 4.78 is 11.0. The Balaban J connectivity index is 2.69. The first-order valence-electron chi connectivity index (χ1n) is 6.43. The van der Waals surface area contributed by atoms with E-state index in [1.54, 1.807) is 0 Å². The van der Waals surface area contributed by atoms with E-state index in [-0.39, 0.29) is 11.4 Å². The van der Waals surface area contributed by atoms with Gasteiger partial charge in [-0.05, 0) is 19.8 Å². The minimum atomic E-state index is -0.468. The highest BCUT2D eigenvalue weighted by Gasteiger charge is 2.35. The number of unbranched alkanes of at least 4 members (excludes halogenated alkanes) is 2. The van der Waals surface area contributed by atoms with Crippen molar-refractivity contribution in [3.63, 3.8) is 0 Å². The SMILES string of the molecule is CCCCCC1=C(C)OC(C(C)(C)C)OC1=O. The lowest BCUT2D eigenvalue weighted by molar-refractivity contribution is -0.197. The average molecular weight is 240 g/mol. The summed E-state index contributed by atoms with van der Waals surface area (Å²) in [4.78, 5) is 11.9. The van der Waals surface area contributed by atoms with Crippen molar-refractivity contribution in [2.24, 2.45) is 5.41 Å². The number of rotatable bonds is 4. The van der Waals surface area contributed by atoms with Gasteiger partial charge in [0.2, 0.25) is 6.29 Å². The van der Waals surface area contributed by atoms with Gasteiger partial charge in [-0.3, -0.25) is 0 Å². The molecule has 0 aromatic heterocycles. The van der Waals surface area contributed by atoms with Gasteiger partial charge in [-0.1, -0.05) is 40.5 Å². The van der Waals surface area contributed by atoms with Crippen LogP contribution >= 0.6 is 0 Å². The summed E-state index contributed by atoms with van der Waals surface area (Å²) in [5.41, 5.74) is 0.519. The van der Waals surface area contributed by atoms with Gasteiger partial charge in [0.05, 0.1) is 5.57 Å². The van der Waals surface area contributed by atoms with Crippen molar-refractivity contribution >= 4 is 5.97 Å². The summed E-state index contributed by atoms with van der Waals surface area (Å²) >= 11 is 0. The fraction of sp³-hybridized carbons (Fsp3) is 0.786. The molecule has 0 saturated carbocycles.